The Morgan fingerprint density at radius 3 is 2.78 bits per heavy atom. The lowest BCUT2D eigenvalue weighted by Gasteiger charge is -2.36. The van der Waals surface area contributed by atoms with Crippen LogP contribution in [-0.2, 0) is 17.9 Å². The molecule has 2 aromatic heterocycles. The minimum Gasteiger partial charge on any atom is -0.348 e. The molecule has 0 unspecified atom stereocenters. The number of rotatable bonds is 5. The summed E-state index contributed by atoms with van der Waals surface area (Å²) in [5, 5.41) is 4.48. The number of hydrogen-bond donors (Lipinski definition) is 1. The second-order valence-corrected chi connectivity index (χ2v) is 8.21. The SMILES string of the molecule is Cc1cc(C)n(CCC(=O)N2C[C@H]3CC[C@@H]2CN(Cc2nc[nH]c2C)C3)n1. The Kier molecular flexibility index (Phi) is 5.04. The van der Waals surface area contributed by atoms with Gasteiger partial charge in [0.15, 0.2) is 0 Å². The third-order valence-corrected chi connectivity index (χ3v) is 6.06. The second kappa shape index (κ2) is 7.46. The van der Waals surface area contributed by atoms with Gasteiger partial charge in [-0.1, -0.05) is 0 Å². The first-order valence-electron chi connectivity index (χ1n) is 10.0. The number of imidazole rings is 1. The van der Waals surface area contributed by atoms with E-state index in [-0.39, 0.29) is 5.91 Å². The molecule has 0 aliphatic carbocycles. The van der Waals surface area contributed by atoms with Crippen LogP contribution in [0, 0.1) is 26.7 Å². The molecule has 0 aromatic carbocycles. The summed E-state index contributed by atoms with van der Waals surface area (Å²) in [7, 11) is 0. The van der Waals surface area contributed by atoms with Crippen LogP contribution in [0.15, 0.2) is 12.4 Å². The summed E-state index contributed by atoms with van der Waals surface area (Å²) < 4.78 is 1.95. The fourth-order valence-electron chi connectivity index (χ4n) is 4.62. The monoisotopic (exact) mass is 370 g/mol. The van der Waals surface area contributed by atoms with Gasteiger partial charge in [0.2, 0.25) is 5.91 Å². The zero-order valence-corrected chi connectivity index (χ0v) is 16.6. The molecule has 3 fully saturated rings. The van der Waals surface area contributed by atoms with Gasteiger partial charge in [-0.15, -0.1) is 0 Å². The van der Waals surface area contributed by atoms with E-state index >= 15 is 0 Å². The van der Waals surface area contributed by atoms with E-state index in [4.69, 9.17) is 0 Å². The highest BCUT2D eigenvalue weighted by atomic mass is 16.2. The van der Waals surface area contributed by atoms with E-state index in [1.807, 2.05) is 18.5 Å². The lowest BCUT2D eigenvalue weighted by Crippen LogP contribution is -2.47. The van der Waals surface area contributed by atoms with Crippen molar-refractivity contribution in [2.75, 3.05) is 19.6 Å². The molecule has 1 amide bonds. The van der Waals surface area contributed by atoms with Crippen molar-refractivity contribution in [3.8, 4) is 0 Å². The van der Waals surface area contributed by atoms with E-state index in [2.05, 4.69) is 37.9 Å². The summed E-state index contributed by atoms with van der Waals surface area (Å²) in [6, 6.07) is 2.39. The quantitative estimate of drug-likeness (QED) is 0.874. The predicted octanol–water partition coefficient (Wildman–Crippen LogP) is 2.04. The molecule has 2 aromatic rings. The fraction of sp³-hybridized carbons (Fsp3) is 0.650. The van der Waals surface area contributed by atoms with E-state index in [1.54, 1.807) is 6.33 Å². The number of piperidine rings is 1. The first-order valence-corrected chi connectivity index (χ1v) is 10.0. The van der Waals surface area contributed by atoms with Gasteiger partial charge in [0.25, 0.3) is 0 Å². The van der Waals surface area contributed by atoms with E-state index in [0.29, 0.717) is 24.9 Å². The molecular formula is C20H30N6O. The minimum absolute atomic E-state index is 0.273. The number of amides is 1. The Morgan fingerprint density at radius 1 is 1.22 bits per heavy atom. The summed E-state index contributed by atoms with van der Waals surface area (Å²) in [6.45, 7) is 10.6. The molecule has 0 spiro atoms. The van der Waals surface area contributed by atoms with Crippen LogP contribution in [0.5, 0.6) is 0 Å². The Labute approximate surface area is 160 Å². The summed E-state index contributed by atoms with van der Waals surface area (Å²) in [5.74, 6) is 0.843. The number of aromatic amines is 1. The van der Waals surface area contributed by atoms with Crippen LogP contribution in [-0.4, -0.2) is 61.1 Å². The van der Waals surface area contributed by atoms with Crippen molar-refractivity contribution in [1.29, 1.82) is 0 Å². The number of nitrogens with zero attached hydrogens (tertiary/aromatic N) is 5. The van der Waals surface area contributed by atoms with Crippen LogP contribution in [0.2, 0.25) is 0 Å². The van der Waals surface area contributed by atoms with Crippen LogP contribution < -0.4 is 0 Å². The van der Waals surface area contributed by atoms with Crippen LogP contribution >= 0.6 is 0 Å². The smallest absolute Gasteiger partial charge is 0.224 e. The fourth-order valence-corrected chi connectivity index (χ4v) is 4.62. The van der Waals surface area contributed by atoms with E-state index in [9.17, 15) is 4.79 Å². The summed E-state index contributed by atoms with van der Waals surface area (Å²) in [6.07, 6.45) is 4.64. The first-order chi connectivity index (χ1) is 13.0. The highest BCUT2D eigenvalue weighted by molar-refractivity contribution is 5.76. The number of hydrogen-bond acceptors (Lipinski definition) is 4. The molecule has 146 valence electrons. The number of H-pyrrole nitrogens is 1. The number of carbonyl (C=O) groups is 1. The van der Waals surface area contributed by atoms with E-state index in [0.717, 1.165) is 55.4 Å². The van der Waals surface area contributed by atoms with Crippen molar-refractivity contribution in [3.63, 3.8) is 0 Å². The molecule has 5 rings (SSSR count). The van der Waals surface area contributed by atoms with Crippen LogP contribution in [0.4, 0.5) is 0 Å². The second-order valence-electron chi connectivity index (χ2n) is 8.21. The van der Waals surface area contributed by atoms with E-state index < -0.39 is 0 Å². The zero-order chi connectivity index (χ0) is 19.0. The minimum atomic E-state index is 0.273. The maximum absolute atomic E-state index is 13.0. The zero-order valence-electron chi connectivity index (χ0n) is 16.6. The normalized spacial score (nSPS) is 23.0. The number of nitrogens with one attached hydrogen (secondary N) is 1. The largest absolute Gasteiger partial charge is 0.348 e. The van der Waals surface area contributed by atoms with Crippen molar-refractivity contribution in [2.45, 2.75) is 59.2 Å². The molecule has 3 aliphatic rings. The molecule has 2 atom stereocenters. The maximum atomic E-state index is 13.0. The molecule has 0 saturated carbocycles. The molecule has 2 bridgehead atoms. The van der Waals surface area contributed by atoms with Crippen molar-refractivity contribution in [1.82, 2.24) is 29.5 Å². The van der Waals surface area contributed by atoms with Crippen LogP contribution in [0.25, 0.3) is 0 Å². The van der Waals surface area contributed by atoms with Crippen molar-refractivity contribution in [2.24, 2.45) is 5.92 Å². The van der Waals surface area contributed by atoms with Gasteiger partial charge in [-0.25, -0.2) is 4.98 Å². The standard InChI is InChI=1S/C20H30N6O/c1-14-8-15(2)26(23-14)7-6-20(27)25-10-17-4-5-18(25)11-24(9-17)12-19-16(3)21-13-22-19/h8,13,17-18H,4-7,9-12H2,1-3H3,(H,21,22)/t17-,18+/m0/s1. The van der Waals surface area contributed by atoms with Gasteiger partial charge in [0.05, 0.1) is 17.7 Å². The number of aromatic nitrogens is 4. The van der Waals surface area contributed by atoms with Gasteiger partial charge in [0, 0.05) is 56.6 Å². The maximum Gasteiger partial charge on any atom is 0.224 e. The molecular weight excluding hydrogens is 340 g/mol. The third-order valence-electron chi connectivity index (χ3n) is 6.06. The van der Waals surface area contributed by atoms with Gasteiger partial charge >= 0.3 is 0 Å². The Hall–Kier alpha value is -2.15. The third kappa shape index (κ3) is 3.93. The Morgan fingerprint density at radius 2 is 2.07 bits per heavy atom. The first kappa shape index (κ1) is 18.2. The van der Waals surface area contributed by atoms with Crippen molar-refractivity contribution >= 4 is 5.91 Å². The van der Waals surface area contributed by atoms with Gasteiger partial charge in [-0.3, -0.25) is 14.4 Å². The summed E-state index contributed by atoms with van der Waals surface area (Å²) in [4.78, 5) is 25.2. The average molecular weight is 371 g/mol. The van der Waals surface area contributed by atoms with E-state index in [1.165, 1.54) is 6.42 Å². The van der Waals surface area contributed by atoms with Gasteiger partial charge in [-0.2, -0.15) is 5.10 Å². The van der Waals surface area contributed by atoms with Gasteiger partial charge in [-0.05, 0) is 45.6 Å². The molecule has 3 saturated heterocycles. The van der Waals surface area contributed by atoms with Crippen molar-refractivity contribution in [3.05, 3.63) is 35.2 Å². The molecule has 5 heterocycles. The molecule has 7 heteroatoms. The van der Waals surface area contributed by atoms with Crippen molar-refractivity contribution < 1.29 is 4.79 Å². The van der Waals surface area contributed by atoms with Crippen LogP contribution in [0.3, 0.4) is 0 Å². The average Bonchev–Trinajstić information content (AvgIpc) is 3.04. The Balaban J connectivity index is 1.39. The van der Waals surface area contributed by atoms with Crippen LogP contribution in [0.1, 0.15) is 42.0 Å². The molecule has 0 radical (unpaired) electrons. The topological polar surface area (TPSA) is 70.1 Å². The number of fused-ring (bicyclic) bond motifs is 4. The van der Waals surface area contributed by atoms with Gasteiger partial charge in [0.1, 0.15) is 0 Å². The highest BCUT2D eigenvalue weighted by Crippen LogP contribution is 2.29. The summed E-state index contributed by atoms with van der Waals surface area (Å²) >= 11 is 0. The molecule has 3 aliphatic heterocycles. The summed E-state index contributed by atoms with van der Waals surface area (Å²) in [5.41, 5.74) is 4.40. The number of carbonyl (C=O) groups excluding carboxylic acids is 1. The lowest BCUT2D eigenvalue weighted by molar-refractivity contribution is -0.135. The highest BCUT2D eigenvalue weighted by Gasteiger charge is 2.37. The molecule has 7 nitrogen and oxygen atoms in total. The number of aryl methyl sites for hydroxylation is 4. The predicted molar refractivity (Wildman–Crippen MR) is 103 cm³/mol. The Bertz CT molecular complexity index is 809. The lowest BCUT2D eigenvalue weighted by atomic mass is 9.94. The molecule has 1 N–H and O–H groups in total. The molecule has 27 heavy (non-hydrogen) atoms. The van der Waals surface area contributed by atoms with Gasteiger partial charge < -0.3 is 9.88 Å².